The van der Waals surface area contributed by atoms with Gasteiger partial charge in [-0.1, -0.05) is 60.4 Å². The van der Waals surface area contributed by atoms with Crippen LogP contribution in [0.1, 0.15) is 81.6 Å². The summed E-state index contributed by atoms with van der Waals surface area (Å²) in [5.74, 6) is -8.17. The van der Waals surface area contributed by atoms with E-state index in [1.807, 2.05) is 0 Å². The zero-order chi connectivity index (χ0) is 67.8. The van der Waals surface area contributed by atoms with Gasteiger partial charge in [-0.2, -0.15) is 13.2 Å². The van der Waals surface area contributed by atoms with Gasteiger partial charge in [0.25, 0.3) is 0 Å². The molecule has 278 valence electrons. The van der Waals surface area contributed by atoms with Gasteiger partial charge in [0.2, 0.25) is 5.91 Å². The highest BCUT2D eigenvalue weighted by molar-refractivity contribution is 7.98. The number of piperidine rings is 1. The van der Waals surface area contributed by atoms with Crippen molar-refractivity contribution in [1.29, 1.82) is 0 Å². The van der Waals surface area contributed by atoms with Gasteiger partial charge in [0, 0.05) is 78.3 Å². The number of pyridine rings is 1. The summed E-state index contributed by atoms with van der Waals surface area (Å²) < 4.78 is 378. The van der Waals surface area contributed by atoms with Crippen molar-refractivity contribution in [3.05, 3.63) is 135 Å². The number of rotatable bonds is 12. The van der Waals surface area contributed by atoms with E-state index in [1.165, 1.54) is 0 Å². The molecule has 0 unspecified atom stereocenters. The van der Waals surface area contributed by atoms with Crippen molar-refractivity contribution in [2.45, 2.75) is 55.6 Å². The number of para-hydroxylation sites is 1. The molecule has 1 saturated heterocycles. The van der Waals surface area contributed by atoms with Crippen LogP contribution in [-0.4, -0.2) is 59.5 Å². The zero-order valence-electron chi connectivity index (χ0n) is 60.4. The lowest BCUT2D eigenvalue weighted by Gasteiger charge is -2.39. The minimum absolute atomic E-state index is 0.383. The van der Waals surface area contributed by atoms with Crippen LogP contribution in [-0.2, 0) is 34.4 Å². The Morgan fingerprint density at radius 1 is 1.02 bits per heavy atom. The number of methoxy groups -OCH3 is 1. The first kappa shape index (κ1) is 14.3. The molecule has 0 saturated carbocycles. The maximum absolute atomic E-state index is 16.2. The number of ether oxygens (including phenoxy) is 1. The van der Waals surface area contributed by atoms with Crippen LogP contribution >= 0.6 is 11.8 Å². The van der Waals surface area contributed by atoms with E-state index in [9.17, 15) is 30.3 Å². The second-order valence-electron chi connectivity index (χ2n) is 9.84. The number of hydrogen-bond acceptors (Lipinski definition) is 5. The normalized spacial score (nSPS) is 29.2. The van der Waals surface area contributed by atoms with Gasteiger partial charge in [0.1, 0.15) is 6.50 Å². The molecule has 53 heavy (non-hydrogen) atoms. The van der Waals surface area contributed by atoms with E-state index in [2.05, 4.69) is 4.74 Å². The second-order valence-corrected chi connectivity index (χ2v) is 10.6. The summed E-state index contributed by atoms with van der Waals surface area (Å²) in [4.78, 5) is 27.6. The van der Waals surface area contributed by atoms with Crippen molar-refractivity contribution in [1.82, 2.24) is 14.4 Å². The highest BCUT2D eigenvalue weighted by Gasteiger charge is 2.32. The maximum atomic E-state index is 16.2. The molecule has 12 heteroatoms. The molecule has 4 aromatic carbocycles. The summed E-state index contributed by atoms with van der Waals surface area (Å²) >= 11 is -0.973. The summed E-state index contributed by atoms with van der Waals surface area (Å²) in [6.45, 7) is -28.6. The molecule has 0 aliphatic carbocycles. The summed E-state index contributed by atoms with van der Waals surface area (Å²) in [6, 6.07) is -31.3. The van der Waals surface area contributed by atoms with Crippen molar-refractivity contribution in [2.24, 2.45) is 0 Å². The van der Waals surface area contributed by atoms with Crippen molar-refractivity contribution in [3.8, 4) is 11.1 Å². The number of carbonyl (C=O) groups is 1. The Morgan fingerprint density at radius 3 is 2.45 bits per heavy atom. The summed E-state index contributed by atoms with van der Waals surface area (Å²) in [7, 11) is 0.383. The second kappa shape index (κ2) is 16.7. The Hall–Kier alpha value is -4.52. The average molecular weight is 784 g/mol. The first-order valence-electron chi connectivity index (χ1n) is 31.1. The zero-order valence-corrected chi connectivity index (χ0v) is 27.2. The molecular formula is C41H40F5N3O3S. The number of halogens is 5. The molecule has 0 spiro atoms. The minimum atomic E-state index is -5.56. The van der Waals surface area contributed by atoms with Gasteiger partial charge >= 0.3 is 6.18 Å². The predicted molar refractivity (Wildman–Crippen MR) is 198 cm³/mol. The summed E-state index contributed by atoms with van der Waals surface area (Å²) in [6.07, 6.45) is -16.1. The van der Waals surface area contributed by atoms with E-state index in [0.29, 0.717) is 14.0 Å². The topological polar surface area (TPSA) is 54.8 Å². The van der Waals surface area contributed by atoms with Crippen LogP contribution in [0.3, 0.4) is 0 Å². The molecular weight excluding hydrogens is 710 g/mol. The van der Waals surface area contributed by atoms with Crippen molar-refractivity contribution >= 4 is 28.6 Å². The molecule has 0 N–H and O–H groups in total. The molecule has 0 bridgehead atoms. The number of benzene rings is 4. The molecule has 1 aliphatic rings. The summed E-state index contributed by atoms with van der Waals surface area (Å²) in [5, 5.41) is -3.56. The predicted octanol–water partition coefficient (Wildman–Crippen LogP) is 8.71. The number of likely N-dealkylation sites (tertiary alicyclic amines) is 1. The third kappa shape index (κ3) is 9.00. The van der Waals surface area contributed by atoms with E-state index >= 15 is 13.6 Å². The van der Waals surface area contributed by atoms with Crippen LogP contribution in [0.4, 0.5) is 22.0 Å². The Kier molecular flexibility index (Phi) is 4.49. The van der Waals surface area contributed by atoms with Crippen molar-refractivity contribution < 1.29 is 78.1 Å². The fourth-order valence-corrected chi connectivity index (χ4v) is 4.79. The van der Waals surface area contributed by atoms with Crippen molar-refractivity contribution in [2.75, 3.05) is 33.2 Å². The Balaban J connectivity index is 1.90. The Morgan fingerprint density at radius 2 is 1.74 bits per heavy atom. The van der Waals surface area contributed by atoms with Crippen LogP contribution < -0.4 is 5.43 Å². The summed E-state index contributed by atoms with van der Waals surface area (Å²) in [5.41, 5.74) is -17.9. The van der Waals surface area contributed by atoms with Gasteiger partial charge in [-0.3, -0.25) is 9.59 Å². The molecule has 1 aliphatic heterocycles. The number of nitrogens with zero attached hydrogens (tertiary/aromatic N) is 3. The van der Waals surface area contributed by atoms with E-state index in [1.54, 1.807) is 0 Å². The first-order valence-corrected chi connectivity index (χ1v) is 15.0. The molecule has 1 fully saturated rings. The number of fused-ring (bicyclic) bond motifs is 1. The van der Waals surface area contributed by atoms with Crippen LogP contribution in [0.15, 0.2) is 100 Å². The Bertz CT molecular complexity index is 3740. The van der Waals surface area contributed by atoms with Gasteiger partial charge < -0.3 is 19.1 Å². The largest absolute Gasteiger partial charge is 0.416 e. The van der Waals surface area contributed by atoms with Crippen LogP contribution in [0.25, 0.3) is 22.0 Å². The van der Waals surface area contributed by atoms with E-state index in [4.69, 9.17) is 34.3 Å². The monoisotopic (exact) mass is 783 g/mol. The maximum Gasteiger partial charge on any atom is 0.416 e. The van der Waals surface area contributed by atoms with Crippen molar-refractivity contribution in [3.63, 3.8) is 0 Å². The highest BCUT2D eigenvalue weighted by Crippen LogP contribution is 2.34. The lowest BCUT2D eigenvalue weighted by Crippen LogP contribution is -2.48. The Labute approximate surface area is 356 Å². The number of carbonyl (C=O) groups excluding carboxylic acids is 1. The number of amides is 1. The first-order chi connectivity index (χ1) is 38.8. The average Bonchev–Trinajstić information content (AvgIpc) is 0.655. The van der Waals surface area contributed by atoms with Crippen LogP contribution in [0.2, 0.25) is 0 Å². The minimum Gasteiger partial charge on any atom is -0.383 e. The quantitative estimate of drug-likeness (QED) is 0.0937. The fraction of sp³-hybridized carbons (Fsp3) is 0.317. The van der Waals surface area contributed by atoms with Gasteiger partial charge in [-0.15, -0.1) is 11.8 Å². The fourth-order valence-electron chi connectivity index (χ4n) is 4.07. The lowest BCUT2D eigenvalue weighted by atomic mass is 9.98. The number of alkyl halides is 3. The highest BCUT2D eigenvalue weighted by atomic mass is 32.2. The molecule has 0 atom stereocenters. The lowest BCUT2D eigenvalue weighted by molar-refractivity contribution is -0.138. The molecule has 1 amide bonds. The van der Waals surface area contributed by atoms with Gasteiger partial charge in [0.05, 0.1) is 52.8 Å². The third-order valence-corrected chi connectivity index (χ3v) is 7.20. The third-order valence-electron chi connectivity index (χ3n) is 6.41. The molecule has 5 aromatic rings. The molecule has 0 radical (unpaired) electrons. The van der Waals surface area contributed by atoms with E-state index < -0.39 is 259 Å². The van der Waals surface area contributed by atoms with Gasteiger partial charge in [-0.05, 0) is 66.1 Å². The smallest absolute Gasteiger partial charge is 0.383 e. The molecule has 2 heterocycles. The van der Waals surface area contributed by atoms with Gasteiger partial charge in [-0.25, -0.2) is 8.78 Å². The molecule has 6 rings (SSSR count). The number of thioether (sulfide) groups is 1. The molecule has 6 nitrogen and oxygen atoms in total. The van der Waals surface area contributed by atoms with E-state index in [-0.39, 0.29) is 0 Å². The standard InChI is InChI=1S/C41H40F5N3O3S/c1-27-22-30(14-15-34(27)41(44,45)46)29-12-10-28(11-13-29)24-48(32-16-18-47(19-17-32)20-21-52-2)38(51)25-49-36-9-4-3-7-33(36)37(50)23-39(49)53-26-31-6-5-8-35(42)40(31)43/h3-15,22-23,32H,16-21,24-26H2,1-2H3/i3D,4D,5D,6D,7D,8D,9D,10D,11D,12D,13D,14D,15D,16D2,17D2,18D2,19D2,20D2,21D2,22D,23D,24D2,25D2,26D2,32D. The number of aromatic nitrogens is 1. The number of hydrogen-bond donors (Lipinski definition) is 0. The van der Waals surface area contributed by atoms with Crippen LogP contribution in [0, 0.1) is 18.6 Å². The molecule has 1 aromatic heterocycles. The SMILES string of the molecule is [2H]c1c([2H])c(F)c(F)c(C([2H])([2H])Sc2c([2H])c(=O)c3c([2H])c([2H])c([2H])c([2H])c3n2C([2H])([2H])C(=O)N(C([2H])([2H])c2c([2H])c([2H])c(-c3c([2H])c([2H])c(C(F)(F)F)c(C)c3[2H])c([2H])c2[2H])C2([2H])C([2H])([2H])C([2H])([2H])N(C([2H])([2H])C([2H])([2H])OC)C([2H])([2H])C2([2H])[2H])c1[2H]. The van der Waals surface area contributed by atoms with Crippen LogP contribution in [0.5, 0.6) is 0 Å². The van der Waals surface area contributed by atoms with Gasteiger partial charge in [0.15, 0.2) is 17.1 Å². The van der Waals surface area contributed by atoms with E-state index in [0.717, 1.165) is 0 Å².